The first-order valence-electron chi connectivity index (χ1n) is 10.6. The molecule has 1 aliphatic heterocycles. The van der Waals surface area contributed by atoms with Crippen molar-refractivity contribution in [2.24, 2.45) is 0 Å². The number of ether oxygens (including phenoxy) is 1. The van der Waals surface area contributed by atoms with Crippen molar-refractivity contribution in [3.05, 3.63) is 42.3 Å². The molecule has 0 spiro atoms. The largest absolute Gasteiger partial charge is 0.444 e. The number of thioether (sulfide) groups is 1. The molecular weight excluding hydrogens is 461 g/mol. The Kier molecular flexibility index (Phi) is 6.85. The van der Waals surface area contributed by atoms with Crippen LogP contribution in [-0.2, 0) is 4.74 Å². The third-order valence-electron chi connectivity index (χ3n) is 4.96. The molecule has 2 aromatic heterocycles. The molecule has 0 radical (unpaired) electrons. The van der Waals surface area contributed by atoms with Gasteiger partial charge in [-0.2, -0.15) is 0 Å². The van der Waals surface area contributed by atoms with E-state index in [1.807, 2.05) is 39.2 Å². The molecule has 7 nitrogen and oxygen atoms in total. The summed E-state index contributed by atoms with van der Waals surface area (Å²) >= 11 is 2.98. The van der Waals surface area contributed by atoms with Crippen LogP contribution in [0.4, 0.5) is 14.3 Å². The van der Waals surface area contributed by atoms with Gasteiger partial charge in [0, 0.05) is 37.9 Å². The topological polar surface area (TPSA) is 71.5 Å². The van der Waals surface area contributed by atoms with E-state index in [2.05, 4.69) is 14.9 Å². The van der Waals surface area contributed by atoms with E-state index in [0.29, 0.717) is 42.6 Å². The van der Waals surface area contributed by atoms with Gasteiger partial charge in [-0.3, -0.25) is 0 Å². The number of hydrogen-bond acceptors (Lipinski definition) is 8. The van der Waals surface area contributed by atoms with Gasteiger partial charge in [0.15, 0.2) is 10.3 Å². The van der Waals surface area contributed by atoms with Crippen molar-refractivity contribution in [2.75, 3.05) is 37.3 Å². The SMILES string of the molecule is CSc1nccc(-c2sc(N3CCN(C(=O)OC(C)(C)C)CC3)nc2-c2cccc(F)c2)n1. The van der Waals surface area contributed by atoms with Crippen LogP contribution in [0.2, 0.25) is 0 Å². The minimum Gasteiger partial charge on any atom is -0.444 e. The minimum atomic E-state index is -0.522. The number of piperazine rings is 1. The summed E-state index contributed by atoms with van der Waals surface area (Å²) in [5.41, 5.74) is 1.62. The molecule has 0 aliphatic carbocycles. The lowest BCUT2D eigenvalue weighted by Crippen LogP contribution is -2.50. The number of carbonyl (C=O) groups is 1. The Labute approximate surface area is 201 Å². The first kappa shape index (κ1) is 23.4. The lowest BCUT2D eigenvalue weighted by Gasteiger charge is -2.35. The van der Waals surface area contributed by atoms with E-state index in [4.69, 9.17) is 9.72 Å². The van der Waals surface area contributed by atoms with Crippen molar-refractivity contribution < 1.29 is 13.9 Å². The normalized spacial score (nSPS) is 14.5. The summed E-state index contributed by atoms with van der Waals surface area (Å²) in [7, 11) is 0. The second kappa shape index (κ2) is 9.64. The standard InChI is InChI=1S/C23H26FN5O2S2/c1-23(2,3)31-22(30)29-12-10-28(11-13-29)21-27-18(15-6-5-7-16(24)14-15)19(33-21)17-8-9-25-20(26-17)32-4/h5-9,14H,10-13H2,1-4H3. The molecule has 0 unspecified atom stereocenters. The molecule has 10 heteroatoms. The Morgan fingerprint density at radius 3 is 2.58 bits per heavy atom. The maximum Gasteiger partial charge on any atom is 0.410 e. The van der Waals surface area contributed by atoms with E-state index in [1.54, 1.807) is 17.2 Å². The molecule has 0 bridgehead atoms. The third-order valence-corrected chi connectivity index (χ3v) is 6.67. The van der Waals surface area contributed by atoms with Crippen LogP contribution in [0.1, 0.15) is 20.8 Å². The van der Waals surface area contributed by atoms with Gasteiger partial charge in [0.2, 0.25) is 0 Å². The van der Waals surface area contributed by atoms with Gasteiger partial charge in [-0.15, -0.1) is 0 Å². The molecule has 1 aromatic carbocycles. The second-order valence-electron chi connectivity index (χ2n) is 8.57. The lowest BCUT2D eigenvalue weighted by molar-refractivity contribution is 0.0240. The fraction of sp³-hybridized carbons (Fsp3) is 0.391. The first-order chi connectivity index (χ1) is 15.7. The monoisotopic (exact) mass is 487 g/mol. The predicted octanol–water partition coefficient (Wildman–Crippen LogP) is 5.19. The number of hydrogen-bond donors (Lipinski definition) is 0. The smallest absolute Gasteiger partial charge is 0.410 e. The lowest BCUT2D eigenvalue weighted by atomic mass is 10.1. The first-order valence-corrected chi connectivity index (χ1v) is 12.6. The van der Waals surface area contributed by atoms with E-state index < -0.39 is 5.60 Å². The molecule has 1 saturated heterocycles. The zero-order valence-corrected chi connectivity index (χ0v) is 20.7. The number of carbonyl (C=O) groups excluding carboxylic acids is 1. The molecule has 0 saturated carbocycles. The summed E-state index contributed by atoms with van der Waals surface area (Å²) in [4.78, 5) is 30.9. The number of anilines is 1. The highest BCUT2D eigenvalue weighted by atomic mass is 32.2. The van der Waals surface area contributed by atoms with Crippen LogP contribution in [0.25, 0.3) is 21.8 Å². The van der Waals surface area contributed by atoms with Crippen LogP contribution in [-0.4, -0.2) is 64.0 Å². The van der Waals surface area contributed by atoms with Gasteiger partial charge in [0.05, 0.1) is 16.3 Å². The van der Waals surface area contributed by atoms with E-state index in [9.17, 15) is 9.18 Å². The third kappa shape index (κ3) is 5.62. The van der Waals surface area contributed by atoms with Crippen LogP contribution in [0.15, 0.2) is 41.7 Å². The van der Waals surface area contributed by atoms with Crippen molar-refractivity contribution in [1.29, 1.82) is 0 Å². The van der Waals surface area contributed by atoms with Crippen molar-refractivity contribution in [1.82, 2.24) is 19.9 Å². The highest BCUT2D eigenvalue weighted by Crippen LogP contribution is 2.40. The number of thiazole rings is 1. The maximum absolute atomic E-state index is 14.0. The fourth-order valence-corrected chi connectivity index (χ4v) is 4.89. The molecule has 3 aromatic rings. The van der Waals surface area contributed by atoms with Gasteiger partial charge in [0.1, 0.15) is 11.4 Å². The molecular formula is C23H26FN5O2S2. The van der Waals surface area contributed by atoms with Crippen LogP contribution in [0.5, 0.6) is 0 Å². The van der Waals surface area contributed by atoms with Crippen molar-refractivity contribution in [2.45, 2.75) is 31.5 Å². The van der Waals surface area contributed by atoms with E-state index >= 15 is 0 Å². The molecule has 33 heavy (non-hydrogen) atoms. The minimum absolute atomic E-state index is 0.298. The number of aromatic nitrogens is 3. The van der Waals surface area contributed by atoms with Gasteiger partial charge in [-0.05, 0) is 45.2 Å². The zero-order valence-electron chi connectivity index (χ0n) is 19.0. The Bertz CT molecular complexity index is 1140. The number of nitrogens with zero attached hydrogens (tertiary/aromatic N) is 5. The van der Waals surface area contributed by atoms with E-state index in [-0.39, 0.29) is 11.9 Å². The number of benzene rings is 1. The van der Waals surface area contributed by atoms with Crippen LogP contribution >= 0.6 is 23.1 Å². The Hall–Kier alpha value is -2.72. The summed E-state index contributed by atoms with van der Waals surface area (Å²) in [6, 6.07) is 8.28. The number of rotatable bonds is 4. The second-order valence-corrected chi connectivity index (χ2v) is 10.3. The van der Waals surface area contributed by atoms with Crippen LogP contribution in [0, 0.1) is 5.82 Å². The Morgan fingerprint density at radius 1 is 1.15 bits per heavy atom. The van der Waals surface area contributed by atoms with E-state index in [1.165, 1.54) is 35.2 Å². The Morgan fingerprint density at radius 2 is 1.91 bits per heavy atom. The van der Waals surface area contributed by atoms with Gasteiger partial charge in [0.25, 0.3) is 0 Å². The van der Waals surface area contributed by atoms with Crippen LogP contribution < -0.4 is 4.90 Å². The van der Waals surface area contributed by atoms with Crippen molar-refractivity contribution in [3.63, 3.8) is 0 Å². The average Bonchev–Trinajstić information content (AvgIpc) is 3.24. The molecule has 174 valence electrons. The summed E-state index contributed by atoms with van der Waals surface area (Å²) in [6.45, 7) is 7.95. The molecule has 3 heterocycles. The quantitative estimate of drug-likeness (QED) is 0.371. The van der Waals surface area contributed by atoms with E-state index in [0.717, 1.165) is 15.7 Å². The molecule has 4 rings (SSSR count). The Balaban J connectivity index is 1.62. The van der Waals surface area contributed by atoms with Gasteiger partial charge >= 0.3 is 6.09 Å². The summed E-state index contributed by atoms with van der Waals surface area (Å²) in [5.74, 6) is -0.313. The summed E-state index contributed by atoms with van der Waals surface area (Å²) < 4.78 is 19.5. The van der Waals surface area contributed by atoms with Crippen LogP contribution in [0.3, 0.4) is 0 Å². The molecule has 1 aliphatic rings. The predicted molar refractivity (Wildman–Crippen MR) is 130 cm³/mol. The highest BCUT2D eigenvalue weighted by Gasteiger charge is 2.28. The zero-order chi connectivity index (χ0) is 23.6. The van der Waals surface area contributed by atoms with Crippen molar-refractivity contribution >= 4 is 34.3 Å². The number of amides is 1. The average molecular weight is 488 g/mol. The number of halogens is 1. The highest BCUT2D eigenvalue weighted by molar-refractivity contribution is 7.98. The summed E-state index contributed by atoms with van der Waals surface area (Å²) in [5, 5.41) is 1.48. The molecule has 1 fully saturated rings. The maximum atomic E-state index is 14.0. The molecule has 1 amide bonds. The van der Waals surface area contributed by atoms with Gasteiger partial charge in [-0.25, -0.2) is 24.1 Å². The molecule has 0 atom stereocenters. The van der Waals surface area contributed by atoms with Gasteiger partial charge < -0.3 is 14.5 Å². The molecule has 0 N–H and O–H groups in total. The summed E-state index contributed by atoms with van der Waals surface area (Å²) in [6.07, 6.45) is 3.35. The fourth-order valence-electron chi connectivity index (χ4n) is 3.42. The van der Waals surface area contributed by atoms with Gasteiger partial charge in [-0.1, -0.05) is 35.2 Å². The van der Waals surface area contributed by atoms with Crippen molar-refractivity contribution in [3.8, 4) is 21.8 Å².